The molecular formula is C22H20N6O5. The molecule has 11 heteroatoms. The van der Waals surface area contributed by atoms with Crippen molar-refractivity contribution in [1.29, 1.82) is 0 Å². The number of methoxy groups -OCH3 is 2. The van der Waals surface area contributed by atoms with E-state index in [0.717, 1.165) is 0 Å². The van der Waals surface area contributed by atoms with Crippen LogP contribution in [-0.2, 0) is 4.79 Å². The molecule has 0 unspecified atom stereocenters. The minimum Gasteiger partial charge on any atom is -0.497 e. The fourth-order valence-corrected chi connectivity index (χ4v) is 3.19. The van der Waals surface area contributed by atoms with E-state index in [0.29, 0.717) is 33.8 Å². The van der Waals surface area contributed by atoms with Gasteiger partial charge in [0, 0.05) is 23.2 Å². The average molecular weight is 448 g/mol. The number of fused-ring (bicyclic) bond motifs is 1. The van der Waals surface area contributed by atoms with Gasteiger partial charge in [0.2, 0.25) is 17.3 Å². The van der Waals surface area contributed by atoms with E-state index in [4.69, 9.17) is 9.47 Å². The molecule has 2 aromatic carbocycles. The molecule has 4 rings (SSSR count). The number of pyridine rings is 1. The number of aromatic nitrogens is 4. The zero-order chi connectivity index (χ0) is 23.4. The number of anilines is 1. The Bertz CT molecular complexity index is 1390. The lowest BCUT2D eigenvalue weighted by Gasteiger charge is -2.08. The van der Waals surface area contributed by atoms with Crippen molar-refractivity contribution in [2.24, 2.45) is 0 Å². The molecule has 0 aliphatic heterocycles. The Labute approximate surface area is 187 Å². The van der Waals surface area contributed by atoms with Crippen molar-refractivity contribution < 1.29 is 19.1 Å². The van der Waals surface area contributed by atoms with E-state index in [1.165, 1.54) is 13.3 Å². The zero-order valence-corrected chi connectivity index (χ0v) is 17.8. The van der Waals surface area contributed by atoms with E-state index < -0.39 is 17.2 Å². The van der Waals surface area contributed by atoms with Gasteiger partial charge in [-0.3, -0.25) is 24.8 Å². The van der Waals surface area contributed by atoms with Gasteiger partial charge in [-0.15, -0.1) is 5.10 Å². The quantitative estimate of drug-likeness (QED) is 0.336. The number of aromatic amines is 2. The molecule has 33 heavy (non-hydrogen) atoms. The standard InChI is InChI=1S/C22H20N6O5/c1-32-12-7-8-14(17(9-12)33-2)20-26-22(28-27-20)25-18(29)11-24-21(31)15-10-23-16-6-4-3-5-13(16)19(15)30/h3-10H,11H2,1-2H3,(H,23,30)(H,24,31)(H2,25,26,27,28,29). The Balaban J connectivity index is 1.40. The van der Waals surface area contributed by atoms with Gasteiger partial charge in [0.05, 0.1) is 26.3 Å². The topological polar surface area (TPSA) is 151 Å². The summed E-state index contributed by atoms with van der Waals surface area (Å²) >= 11 is 0. The molecule has 168 valence electrons. The van der Waals surface area contributed by atoms with Crippen LogP contribution < -0.4 is 25.5 Å². The molecule has 0 aliphatic carbocycles. The van der Waals surface area contributed by atoms with Crippen LogP contribution in [0.3, 0.4) is 0 Å². The molecule has 2 amide bonds. The lowest BCUT2D eigenvalue weighted by Crippen LogP contribution is -2.35. The van der Waals surface area contributed by atoms with Crippen LogP contribution >= 0.6 is 0 Å². The number of carbonyl (C=O) groups excluding carboxylic acids is 2. The monoisotopic (exact) mass is 448 g/mol. The van der Waals surface area contributed by atoms with Gasteiger partial charge < -0.3 is 19.8 Å². The summed E-state index contributed by atoms with van der Waals surface area (Å²) in [7, 11) is 3.06. The van der Waals surface area contributed by atoms with Crippen LogP contribution in [0.15, 0.2) is 53.5 Å². The van der Waals surface area contributed by atoms with Crippen LogP contribution in [0.25, 0.3) is 22.3 Å². The first-order valence-corrected chi connectivity index (χ1v) is 9.83. The molecule has 0 radical (unpaired) electrons. The largest absolute Gasteiger partial charge is 0.497 e. The summed E-state index contributed by atoms with van der Waals surface area (Å²) in [6.07, 6.45) is 1.32. The fourth-order valence-electron chi connectivity index (χ4n) is 3.19. The minimum atomic E-state index is -0.671. The second kappa shape index (κ2) is 9.22. The molecule has 0 saturated carbocycles. The third-order valence-electron chi connectivity index (χ3n) is 4.84. The minimum absolute atomic E-state index is 0.0191. The third-order valence-corrected chi connectivity index (χ3v) is 4.84. The number of rotatable bonds is 7. The number of para-hydroxylation sites is 1. The SMILES string of the molecule is COc1ccc(-c2nc(NC(=O)CNC(=O)c3c[nH]c4ccccc4c3=O)n[nH]2)c(OC)c1. The Morgan fingerprint density at radius 1 is 1.09 bits per heavy atom. The van der Waals surface area contributed by atoms with Gasteiger partial charge in [-0.25, -0.2) is 0 Å². The van der Waals surface area contributed by atoms with E-state index >= 15 is 0 Å². The number of hydrogen-bond donors (Lipinski definition) is 4. The summed E-state index contributed by atoms with van der Waals surface area (Å²) in [5.41, 5.74) is 0.725. The van der Waals surface area contributed by atoms with Crippen molar-refractivity contribution in [3.05, 3.63) is 64.4 Å². The van der Waals surface area contributed by atoms with E-state index in [1.807, 2.05) is 0 Å². The fraction of sp³-hybridized carbons (Fsp3) is 0.136. The summed E-state index contributed by atoms with van der Waals surface area (Å²) in [6, 6.07) is 12.0. The number of nitrogens with zero attached hydrogens (tertiary/aromatic N) is 2. The first-order chi connectivity index (χ1) is 16.0. The van der Waals surface area contributed by atoms with Gasteiger partial charge in [-0.2, -0.15) is 4.98 Å². The van der Waals surface area contributed by atoms with Crippen molar-refractivity contribution in [2.45, 2.75) is 0 Å². The number of benzene rings is 2. The lowest BCUT2D eigenvalue weighted by molar-refractivity contribution is -0.115. The summed E-state index contributed by atoms with van der Waals surface area (Å²) in [4.78, 5) is 44.3. The summed E-state index contributed by atoms with van der Waals surface area (Å²) in [5, 5.41) is 12.0. The number of H-pyrrole nitrogens is 2. The van der Waals surface area contributed by atoms with E-state index in [9.17, 15) is 14.4 Å². The molecule has 2 heterocycles. The highest BCUT2D eigenvalue weighted by Gasteiger charge is 2.16. The third kappa shape index (κ3) is 4.51. The highest BCUT2D eigenvalue weighted by molar-refractivity contribution is 6.00. The maximum absolute atomic E-state index is 12.5. The summed E-state index contributed by atoms with van der Waals surface area (Å²) < 4.78 is 10.5. The smallest absolute Gasteiger partial charge is 0.257 e. The number of carbonyl (C=O) groups is 2. The van der Waals surface area contributed by atoms with E-state index in [2.05, 4.69) is 30.8 Å². The first-order valence-electron chi connectivity index (χ1n) is 9.83. The van der Waals surface area contributed by atoms with Crippen molar-refractivity contribution in [1.82, 2.24) is 25.5 Å². The van der Waals surface area contributed by atoms with Crippen LogP contribution in [0.1, 0.15) is 10.4 Å². The Hall–Kier alpha value is -4.67. The maximum Gasteiger partial charge on any atom is 0.257 e. The number of amides is 2. The molecular weight excluding hydrogens is 428 g/mol. The Kier molecular flexibility index (Phi) is 6.02. The highest BCUT2D eigenvalue weighted by Crippen LogP contribution is 2.31. The normalized spacial score (nSPS) is 10.6. The van der Waals surface area contributed by atoms with E-state index in [1.54, 1.807) is 49.6 Å². The lowest BCUT2D eigenvalue weighted by atomic mass is 10.1. The van der Waals surface area contributed by atoms with Crippen LogP contribution in [0.2, 0.25) is 0 Å². The number of hydrogen-bond acceptors (Lipinski definition) is 7. The second-order valence-electron chi connectivity index (χ2n) is 6.88. The molecule has 0 spiro atoms. The van der Waals surface area contributed by atoms with Crippen molar-refractivity contribution >= 4 is 28.7 Å². The molecule has 2 aromatic heterocycles. The Morgan fingerprint density at radius 3 is 2.70 bits per heavy atom. The molecule has 0 aliphatic rings. The Morgan fingerprint density at radius 2 is 1.91 bits per heavy atom. The average Bonchev–Trinajstić information content (AvgIpc) is 3.30. The predicted octanol–water partition coefficient (Wildman–Crippen LogP) is 1.70. The molecule has 0 fully saturated rings. The predicted molar refractivity (Wildman–Crippen MR) is 120 cm³/mol. The van der Waals surface area contributed by atoms with Gasteiger partial charge in [-0.05, 0) is 24.3 Å². The van der Waals surface area contributed by atoms with Gasteiger partial charge in [-0.1, -0.05) is 12.1 Å². The summed E-state index contributed by atoms with van der Waals surface area (Å²) in [5.74, 6) is 0.284. The molecule has 0 saturated heterocycles. The van der Waals surface area contributed by atoms with Gasteiger partial charge >= 0.3 is 0 Å². The van der Waals surface area contributed by atoms with Gasteiger partial charge in [0.15, 0.2) is 5.82 Å². The molecule has 4 aromatic rings. The van der Waals surface area contributed by atoms with Crippen molar-refractivity contribution in [3.63, 3.8) is 0 Å². The van der Waals surface area contributed by atoms with Crippen molar-refractivity contribution in [2.75, 3.05) is 26.1 Å². The number of ether oxygens (including phenoxy) is 2. The summed E-state index contributed by atoms with van der Waals surface area (Å²) in [6.45, 7) is -0.374. The maximum atomic E-state index is 12.5. The zero-order valence-electron chi connectivity index (χ0n) is 17.8. The highest BCUT2D eigenvalue weighted by atomic mass is 16.5. The first kappa shape index (κ1) is 21.6. The van der Waals surface area contributed by atoms with Gasteiger partial charge in [0.1, 0.15) is 17.1 Å². The molecule has 4 N–H and O–H groups in total. The van der Waals surface area contributed by atoms with Crippen molar-refractivity contribution in [3.8, 4) is 22.9 Å². The number of nitrogens with one attached hydrogen (secondary N) is 4. The second-order valence-corrected chi connectivity index (χ2v) is 6.88. The molecule has 0 atom stereocenters. The van der Waals surface area contributed by atoms with E-state index in [-0.39, 0.29) is 18.1 Å². The molecule has 11 nitrogen and oxygen atoms in total. The van der Waals surface area contributed by atoms with Crippen LogP contribution in [-0.4, -0.2) is 52.7 Å². The molecule has 0 bridgehead atoms. The van der Waals surface area contributed by atoms with Crippen LogP contribution in [0.4, 0.5) is 5.95 Å². The van der Waals surface area contributed by atoms with Crippen LogP contribution in [0.5, 0.6) is 11.5 Å². The van der Waals surface area contributed by atoms with Gasteiger partial charge in [0.25, 0.3) is 5.91 Å². The van der Waals surface area contributed by atoms with Crippen LogP contribution in [0, 0.1) is 0 Å².